The summed E-state index contributed by atoms with van der Waals surface area (Å²) in [6, 6.07) is 17.9. The van der Waals surface area contributed by atoms with Gasteiger partial charge in [-0.2, -0.15) is 0 Å². The van der Waals surface area contributed by atoms with Gasteiger partial charge in [0.1, 0.15) is 16.5 Å². The Labute approximate surface area is 149 Å². The van der Waals surface area contributed by atoms with Crippen molar-refractivity contribution in [3.63, 3.8) is 0 Å². The summed E-state index contributed by atoms with van der Waals surface area (Å²) in [5.41, 5.74) is 0.891. The second kappa shape index (κ2) is 7.63. The molecular formula is C19H16N2O3S. The summed E-state index contributed by atoms with van der Waals surface area (Å²) in [6.07, 6.45) is 0. The summed E-state index contributed by atoms with van der Waals surface area (Å²) in [4.78, 5) is 24.3. The Hall–Kier alpha value is -3.12. The summed E-state index contributed by atoms with van der Waals surface area (Å²) < 4.78 is 5.74. The van der Waals surface area contributed by atoms with E-state index in [-0.39, 0.29) is 11.8 Å². The van der Waals surface area contributed by atoms with Gasteiger partial charge in [-0.1, -0.05) is 24.3 Å². The molecule has 1 heterocycles. The molecule has 3 aromatic rings. The van der Waals surface area contributed by atoms with Crippen molar-refractivity contribution >= 4 is 28.2 Å². The number of nitrogens with one attached hydrogen (secondary N) is 2. The van der Waals surface area contributed by atoms with Gasteiger partial charge < -0.3 is 15.4 Å². The second-order valence-corrected chi connectivity index (χ2v) is 6.06. The molecule has 2 N–H and O–H groups in total. The summed E-state index contributed by atoms with van der Waals surface area (Å²) in [5, 5.41) is 7.60. The van der Waals surface area contributed by atoms with Crippen molar-refractivity contribution < 1.29 is 14.3 Å². The number of para-hydroxylation sites is 1. The maximum absolute atomic E-state index is 12.5. The lowest BCUT2D eigenvalue weighted by Crippen LogP contribution is -2.20. The molecule has 25 heavy (non-hydrogen) atoms. The van der Waals surface area contributed by atoms with Gasteiger partial charge in [0, 0.05) is 12.6 Å². The zero-order valence-electron chi connectivity index (χ0n) is 13.5. The van der Waals surface area contributed by atoms with Crippen LogP contribution >= 0.6 is 11.3 Å². The zero-order valence-corrected chi connectivity index (χ0v) is 14.3. The minimum atomic E-state index is -0.300. The van der Waals surface area contributed by atoms with Crippen molar-refractivity contribution in [2.45, 2.75) is 0 Å². The zero-order chi connectivity index (χ0) is 17.6. The highest BCUT2D eigenvalue weighted by Gasteiger charge is 2.15. The predicted octanol–water partition coefficient (Wildman–Crippen LogP) is 4.15. The maximum Gasteiger partial charge on any atom is 0.256 e. The van der Waals surface area contributed by atoms with E-state index in [9.17, 15) is 9.59 Å². The molecule has 0 atom stereocenters. The Kier molecular flexibility index (Phi) is 5.11. The van der Waals surface area contributed by atoms with Crippen LogP contribution < -0.4 is 15.4 Å². The number of thiophene rings is 1. The summed E-state index contributed by atoms with van der Waals surface area (Å²) >= 11 is 1.30. The molecule has 0 unspecified atom stereocenters. The SMILES string of the molecule is CNC(=O)c1ccsc1NC(=O)c1cccc(Oc2ccccc2)c1. The van der Waals surface area contributed by atoms with Crippen LogP contribution in [0.5, 0.6) is 11.5 Å². The molecule has 0 saturated carbocycles. The fourth-order valence-corrected chi connectivity index (χ4v) is 3.00. The number of anilines is 1. The van der Waals surface area contributed by atoms with Crippen molar-refractivity contribution in [1.82, 2.24) is 5.32 Å². The average Bonchev–Trinajstić information content (AvgIpc) is 3.10. The first-order valence-electron chi connectivity index (χ1n) is 7.61. The molecule has 126 valence electrons. The van der Waals surface area contributed by atoms with Gasteiger partial charge in [0.2, 0.25) is 0 Å². The van der Waals surface area contributed by atoms with E-state index in [2.05, 4.69) is 10.6 Å². The number of ether oxygens (including phenoxy) is 1. The van der Waals surface area contributed by atoms with Crippen LogP contribution in [0.3, 0.4) is 0 Å². The molecule has 6 heteroatoms. The molecule has 3 rings (SSSR count). The third kappa shape index (κ3) is 4.05. The number of benzene rings is 2. The summed E-state index contributed by atoms with van der Waals surface area (Å²) in [5.74, 6) is 0.723. The molecule has 1 aromatic heterocycles. The molecule has 0 bridgehead atoms. The van der Waals surface area contributed by atoms with Crippen LogP contribution in [0.4, 0.5) is 5.00 Å². The van der Waals surface area contributed by atoms with Crippen molar-refractivity contribution in [3.8, 4) is 11.5 Å². The van der Waals surface area contributed by atoms with Gasteiger partial charge in [0.25, 0.3) is 11.8 Å². The number of carbonyl (C=O) groups excluding carboxylic acids is 2. The Balaban J connectivity index is 1.76. The Morgan fingerprint density at radius 3 is 2.44 bits per heavy atom. The molecule has 0 aliphatic rings. The maximum atomic E-state index is 12.5. The molecule has 0 saturated heterocycles. The van der Waals surface area contributed by atoms with Crippen LogP contribution in [0.25, 0.3) is 0 Å². The van der Waals surface area contributed by atoms with Crippen LogP contribution in [0, 0.1) is 0 Å². The Morgan fingerprint density at radius 1 is 0.920 bits per heavy atom. The normalized spacial score (nSPS) is 10.1. The smallest absolute Gasteiger partial charge is 0.256 e. The third-order valence-electron chi connectivity index (χ3n) is 3.44. The van der Waals surface area contributed by atoms with Crippen molar-refractivity contribution in [2.24, 2.45) is 0 Å². The van der Waals surface area contributed by atoms with Crippen molar-refractivity contribution in [1.29, 1.82) is 0 Å². The van der Waals surface area contributed by atoms with E-state index in [4.69, 9.17) is 4.74 Å². The molecule has 0 radical (unpaired) electrons. The van der Waals surface area contributed by atoms with Gasteiger partial charge in [-0.05, 0) is 41.8 Å². The second-order valence-electron chi connectivity index (χ2n) is 5.14. The standard InChI is InChI=1S/C19H16N2O3S/c1-20-18(23)16-10-11-25-19(16)21-17(22)13-6-5-9-15(12-13)24-14-7-3-2-4-8-14/h2-12H,1H3,(H,20,23)(H,21,22). The van der Waals surface area contributed by atoms with Crippen LogP contribution in [-0.4, -0.2) is 18.9 Å². The average molecular weight is 352 g/mol. The number of carbonyl (C=O) groups is 2. The first kappa shape index (κ1) is 16.7. The predicted molar refractivity (Wildman–Crippen MR) is 98.6 cm³/mol. The van der Waals surface area contributed by atoms with E-state index in [0.717, 1.165) is 0 Å². The lowest BCUT2D eigenvalue weighted by atomic mass is 10.2. The summed E-state index contributed by atoms with van der Waals surface area (Å²) in [7, 11) is 1.55. The fourth-order valence-electron chi connectivity index (χ4n) is 2.22. The fraction of sp³-hybridized carbons (Fsp3) is 0.0526. The van der Waals surface area contributed by atoms with Crippen molar-refractivity contribution in [3.05, 3.63) is 77.2 Å². The van der Waals surface area contributed by atoms with Crippen LogP contribution in [0.15, 0.2) is 66.0 Å². The molecule has 2 amide bonds. The van der Waals surface area contributed by atoms with Crippen LogP contribution in [0.1, 0.15) is 20.7 Å². The molecule has 0 spiro atoms. The first-order valence-corrected chi connectivity index (χ1v) is 8.49. The first-order chi connectivity index (χ1) is 12.2. The molecule has 0 aliphatic heterocycles. The Morgan fingerprint density at radius 2 is 1.68 bits per heavy atom. The quantitative estimate of drug-likeness (QED) is 0.725. The van der Waals surface area contributed by atoms with E-state index in [0.29, 0.717) is 27.6 Å². The van der Waals surface area contributed by atoms with Gasteiger partial charge in [-0.15, -0.1) is 11.3 Å². The molecule has 2 aromatic carbocycles. The Bertz CT molecular complexity index is 890. The lowest BCUT2D eigenvalue weighted by Gasteiger charge is -2.08. The van der Waals surface area contributed by atoms with Gasteiger partial charge in [-0.3, -0.25) is 9.59 Å². The molecule has 0 fully saturated rings. The highest BCUT2D eigenvalue weighted by molar-refractivity contribution is 7.14. The highest BCUT2D eigenvalue weighted by atomic mass is 32.1. The number of hydrogen-bond acceptors (Lipinski definition) is 4. The number of rotatable bonds is 5. The monoisotopic (exact) mass is 352 g/mol. The summed E-state index contributed by atoms with van der Waals surface area (Å²) in [6.45, 7) is 0. The van der Waals surface area contributed by atoms with Gasteiger partial charge in [0.15, 0.2) is 0 Å². The topological polar surface area (TPSA) is 67.4 Å². The van der Waals surface area contributed by atoms with Gasteiger partial charge in [-0.25, -0.2) is 0 Å². The van der Waals surface area contributed by atoms with Gasteiger partial charge in [0.05, 0.1) is 5.56 Å². The molecular weight excluding hydrogens is 336 g/mol. The minimum Gasteiger partial charge on any atom is -0.457 e. The largest absolute Gasteiger partial charge is 0.457 e. The third-order valence-corrected chi connectivity index (χ3v) is 4.27. The minimum absolute atomic E-state index is 0.238. The lowest BCUT2D eigenvalue weighted by molar-refractivity contribution is 0.0964. The highest BCUT2D eigenvalue weighted by Crippen LogP contribution is 2.25. The molecule has 5 nitrogen and oxygen atoms in total. The van der Waals surface area contributed by atoms with E-state index in [1.165, 1.54) is 11.3 Å². The van der Waals surface area contributed by atoms with Gasteiger partial charge >= 0.3 is 0 Å². The van der Waals surface area contributed by atoms with E-state index < -0.39 is 0 Å². The van der Waals surface area contributed by atoms with E-state index >= 15 is 0 Å². The van der Waals surface area contributed by atoms with E-state index in [1.54, 1.807) is 42.8 Å². The number of amides is 2. The molecule has 0 aliphatic carbocycles. The number of hydrogen-bond donors (Lipinski definition) is 2. The van der Waals surface area contributed by atoms with Crippen LogP contribution in [0.2, 0.25) is 0 Å². The van der Waals surface area contributed by atoms with E-state index in [1.807, 2.05) is 30.3 Å². The van der Waals surface area contributed by atoms with Crippen LogP contribution in [-0.2, 0) is 0 Å². The van der Waals surface area contributed by atoms with Crippen molar-refractivity contribution in [2.75, 3.05) is 12.4 Å².